The predicted molar refractivity (Wildman–Crippen MR) is 138 cm³/mol. The van der Waals surface area contributed by atoms with Crippen LogP contribution in [0.2, 0.25) is 5.02 Å². The summed E-state index contributed by atoms with van der Waals surface area (Å²) in [5, 5.41) is 1.01. The van der Waals surface area contributed by atoms with Gasteiger partial charge in [-0.25, -0.2) is 9.37 Å². The number of unbranched alkanes of at least 4 members (excludes halogenated alkanes) is 2. The van der Waals surface area contributed by atoms with Crippen LogP contribution in [0.1, 0.15) is 55.3 Å². The lowest BCUT2D eigenvalue weighted by Gasteiger charge is -2.31. The van der Waals surface area contributed by atoms with Crippen LogP contribution in [0, 0.1) is 5.82 Å². The van der Waals surface area contributed by atoms with Gasteiger partial charge in [-0.15, -0.1) is 0 Å². The normalized spacial score (nSPS) is 12.0. The Kier molecular flexibility index (Phi) is 7.61. The van der Waals surface area contributed by atoms with Crippen molar-refractivity contribution in [2.75, 3.05) is 6.54 Å². The van der Waals surface area contributed by atoms with E-state index in [1.807, 2.05) is 13.0 Å². The number of carbonyl (C=O) groups excluding carboxylic acids is 1. The van der Waals surface area contributed by atoms with Crippen molar-refractivity contribution in [1.82, 2.24) is 14.5 Å². The average molecular weight is 492 g/mol. The quantitative estimate of drug-likeness (QED) is 0.262. The number of para-hydroxylation sites is 1. The number of hydrogen-bond acceptors (Lipinski definition) is 3. The van der Waals surface area contributed by atoms with Crippen LogP contribution in [-0.2, 0) is 0 Å². The smallest absolute Gasteiger partial charge is 0.266 e. The van der Waals surface area contributed by atoms with Crippen molar-refractivity contribution < 1.29 is 9.18 Å². The molecule has 180 valence electrons. The third-order valence-electron chi connectivity index (χ3n) is 6.10. The van der Waals surface area contributed by atoms with Crippen molar-refractivity contribution in [3.05, 3.63) is 105 Å². The second-order valence-corrected chi connectivity index (χ2v) is 8.90. The molecule has 35 heavy (non-hydrogen) atoms. The first-order chi connectivity index (χ1) is 16.9. The molecule has 0 N–H and O–H groups in total. The summed E-state index contributed by atoms with van der Waals surface area (Å²) in [6, 6.07) is 19.4. The summed E-state index contributed by atoms with van der Waals surface area (Å²) >= 11 is 6.09. The molecule has 0 saturated carbocycles. The number of amides is 1. The third kappa shape index (κ3) is 5.13. The van der Waals surface area contributed by atoms with Crippen molar-refractivity contribution in [2.45, 2.75) is 39.2 Å². The summed E-state index contributed by atoms with van der Waals surface area (Å²) in [7, 11) is 0. The molecule has 0 radical (unpaired) electrons. The van der Waals surface area contributed by atoms with Gasteiger partial charge >= 0.3 is 0 Å². The molecule has 4 rings (SSSR count). The second kappa shape index (κ2) is 10.8. The van der Waals surface area contributed by atoms with E-state index in [0.29, 0.717) is 34.0 Å². The van der Waals surface area contributed by atoms with E-state index in [1.165, 1.54) is 16.7 Å². The van der Waals surface area contributed by atoms with E-state index in [1.54, 1.807) is 59.5 Å². The minimum Gasteiger partial charge on any atom is -0.329 e. The molecule has 1 heterocycles. The molecule has 5 nitrogen and oxygen atoms in total. The first kappa shape index (κ1) is 24.6. The molecule has 7 heteroatoms. The lowest BCUT2D eigenvalue weighted by molar-refractivity contribution is 0.0672. The molecule has 1 unspecified atom stereocenters. The number of rotatable bonds is 8. The monoisotopic (exact) mass is 491 g/mol. The van der Waals surface area contributed by atoms with Gasteiger partial charge in [-0.2, -0.15) is 0 Å². The maximum Gasteiger partial charge on any atom is 0.266 e. The Bertz CT molecular complexity index is 1400. The average Bonchev–Trinajstić information content (AvgIpc) is 2.87. The fourth-order valence-corrected chi connectivity index (χ4v) is 4.33. The van der Waals surface area contributed by atoms with Crippen molar-refractivity contribution in [1.29, 1.82) is 0 Å². The van der Waals surface area contributed by atoms with Crippen molar-refractivity contribution in [2.24, 2.45) is 0 Å². The molecular weight excluding hydrogens is 465 g/mol. The molecular formula is C28H27ClFN3O2. The van der Waals surface area contributed by atoms with Gasteiger partial charge < -0.3 is 4.90 Å². The van der Waals surface area contributed by atoms with Gasteiger partial charge in [-0.3, -0.25) is 14.2 Å². The highest BCUT2D eigenvalue weighted by Gasteiger charge is 2.28. The molecule has 0 fully saturated rings. The molecule has 1 amide bonds. The summed E-state index contributed by atoms with van der Waals surface area (Å²) in [5.74, 6) is -0.610. The van der Waals surface area contributed by atoms with Gasteiger partial charge in [0.25, 0.3) is 11.5 Å². The van der Waals surface area contributed by atoms with Gasteiger partial charge in [0.05, 0.1) is 28.2 Å². The molecule has 0 aliphatic carbocycles. The number of nitrogens with zero attached hydrogens (tertiary/aromatic N) is 3. The molecule has 1 atom stereocenters. The first-order valence-corrected chi connectivity index (χ1v) is 12.1. The van der Waals surface area contributed by atoms with Crippen LogP contribution in [0.25, 0.3) is 16.6 Å². The van der Waals surface area contributed by atoms with E-state index in [2.05, 4.69) is 6.92 Å². The van der Waals surface area contributed by atoms with Gasteiger partial charge in [-0.1, -0.05) is 55.6 Å². The molecule has 0 spiro atoms. The highest BCUT2D eigenvalue weighted by atomic mass is 35.5. The van der Waals surface area contributed by atoms with Gasteiger partial charge in [-0.05, 0) is 61.9 Å². The minimum atomic E-state index is -0.605. The Balaban J connectivity index is 1.89. The number of fused-ring (bicyclic) bond motifs is 1. The zero-order valence-corrected chi connectivity index (χ0v) is 20.5. The van der Waals surface area contributed by atoms with E-state index in [4.69, 9.17) is 16.6 Å². The fourth-order valence-electron chi connectivity index (χ4n) is 4.20. The molecule has 0 aliphatic heterocycles. The molecule has 4 aromatic rings. The second-order valence-electron chi connectivity index (χ2n) is 8.47. The maximum absolute atomic E-state index is 14.6. The van der Waals surface area contributed by atoms with E-state index >= 15 is 0 Å². The summed E-state index contributed by atoms with van der Waals surface area (Å²) in [6.07, 6.45) is 2.64. The van der Waals surface area contributed by atoms with E-state index in [-0.39, 0.29) is 11.1 Å². The SMILES string of the molecule is CCCCCN(C(=O)c1ccccc1F)C(C)c1nc2ccccc2c(=O)n1-c1ccc(Cl)cc1. The molecule has 0 aliphatic rings. The summed E-state index contributed by atoms with van der Waals surface area (Å²) in [4.78, 5) is 33.6. The van der Waals surface area contributed by atoms with Crippen molar-refractivity contribution >= 4 is 28.4 Å². The van der Waals surface area contributed by atoms with Gasteiger partial charge in [0.2, 0.25) is 0 Å². The number of carbonyl (C=O) groups is 1. The molecule has 3 aromatic carbocycles. The predicted octanol–water partition coefficient (Wildman–Crippen LogP) is 6.57. The van der Waals surface area contributed by atoms with Crippen LogP contribution in [0.15, 0.2) is 77.6 Å². The lowest BCUT2D eigenvalue weighted by atomic mass is 10.1. The van der Waals surface area contributed by atoms with Gasteiger partial charge in [0, 0.05) is 11.6 Å². The summed E-state index contributed by atoms with van der Waals surface area (Å²) in [6.45, 7) is 4.31. The third-order valence-corrected chi connectivity index (χ3v) is 6.35. The zero-order chi connectivity index (χ0) is 24.9. The van der Waals surface area contributed by atoms with E-state index < -0.39 is 17.8 Å². The molecule has 0 bridgehead atoms. The Morgan fingerprint density at radius 3 is 2.43 bits per heavy atom. The van der Waals surface area contributed by atoms with Crippen LogP contribution >= 0.6 is 11.6 Å². The van der Waals surface area contributed by atoms with Gasteiger partial charge in [0.15, 0.2) is 0 Å². The van der Waals surface area contributed by atoms with Crippen molar-refractivity contribution in [3.63, 3.8) is 0 Å². The summed E-state index contributed by atoms with van der Waals surface area (Å²) in [5.41, 5.74) is 0.881. The van der Waals surface area contributed by atoms with Crippen LogP contribution < -0.4 is 5.56 Å². The number of halogens is 2. The topological polar surface area (TPSA) is 55.2 Å². The zero-order valence-electron chi connectivity index (χ0n) is 19.7. The lowest BCUT2D eigenvalue weighted by Crippen LogP contribution is -2.38. The Labute approximate surface area is 208 Å². The Morgan fingerprint density at radius 1 is 1.03 bits per heavy atom. The van der Waals surface area contributed by atoms with Crippen LogP contribution in [0.3, 0.4) is 0 Å². The van der Waals surface area contributed by atoms with E-state index in [9.17, 15) is 14.0 Å². The number of aromatic nitrogens is 2. The largest absolute Gasteiger partial charge is 0.329 e. The standard InChI is InChI=1S/C28H27ClFN3O2/c1-3-4-9-18-32(27(34)22-10-5-7-12-24(22)30)19(2)26-31-25-13-8-6-11-23(25)28(35)33(26)21-16-14-20(29)15-17-21/h5-8,10-17,19H,3-4,9,18H2,1-2H3. The van der Waals surface area contributed by atoms with Crippen LogP contribution in [0.4, 0.5) is 4.39 Å². The van der Waals surface area contributed by atoms with Crippen LogP contribution in [-0.4, -0.2) is 26.9 Å². The number of hydrogen-bond donors (Lipinski definition) is 0. The fraction of sp³-hybridized carbons (Fsp3) is 0.250. The molecule has 1 aromatic heterocycles. The van der Waals surface area contributed by atoms with Crippen molar-refractivity contribution in [3.8, 4) is 5.69 Å². The van der Waals surface area contributed by atoms with E-state index in [0.717, 1.165) is 19.3 Å². The minimum absolute atomic E-state index is 0.00275. The highest BCUT2D eigenvalue weighted by molar-refractivity contribution is 6.30. The first-order valence-electron chi connectivity index (χ1n) is 11.8. The Morgan fingerprint density at radius 2 is 1.71 bits per heavy atom. The number of benzene rings is 3. The van der Waals surface area contributed by atoms with Crippen LogP contribution in [0.5, 0.6) is 0 Å². The highest BCUT2D eigenvalue weighted by Crippen LogP contribution is 2.26. The van der Waals surface area contributed by atoms with Gasteiger partial charge in [0.1, 0.15) is 11.6 Å². The Hall–Kier alpha value is -3.51. The maximum atomic E-state index is 14.6. The summed E-state index contributed by atoms with van der Waals surface area (Å²) < 4.78 is 16.1. The molecule has 0 saturated heterocycles.